The highest BCUT2D eigenvalue weighted by atomic mass is 19.1. The second kappa shape index (κ2) is 12.5. The van der Waals surface area contributed by atoms with Gasteiger partial charge in [-0.1, -0.05) is 50.5 Å². The maximum absolute atomic E-state index is 13.7. The van der Waals surface area contributed by atoms with Crippen LogP contribution < -0.4 is 10.3 Å². The van der Waals surface area contributed by atoms with Gasteiger partial charge in [-0.3, -0.25) is 14.2 Å². The van der Waals surface area contributed by atoms with Crippen LogP contribution in [0.3, 0.4) is 0 Å². The summed E-state index contributed by atoms with van der Waals surface area (Å²) in [6, 6.07) is 19.9. The number of rotatable bonds is 11. The van der Waals surface area contributed by atoms with E-state index in [0.717, 1.165) is 37.0 Å². The number of nitrogens with zero attached hydrogens (tertiary/aromatic N) is 3. The summed E-state index contributed by atoms with van der Waals surface area (Å²) in [4.78, 5) is 34.1. The van der Waals surface area contributed by atoms with E-state index in [1.165, 1.54) is 16.7 Å². The van der Waals surface area contributed by atoms with E-state index in [1.54, 1.807) is 37.4 Å². The minimum atomic E-state index is -0.496. The first-order chi connectivity index (χ1) is 18.4. The topological polar surface area (TPSA) is 64.4 Å². The Hall–Kier alpha value is -4.00. The third-order valence-electron chi connectivity index (χ3n) is 6.81. The molecule has 0 radical (unpaired) electrons. The molecule has 0 saturated heterocycles. The van der Waals surface area contributed by atoms with Crippen molar-refractivity contribution in [3.63, 3.8) is 0 Å². The van der Waals surface area contributed by atoms with Crippen molar-refractivity contribution in [1.29, 1.82) is 0 Å². The molecule has 4 rings (SSSR count). The van der Waals surface area contributed by atoms with Gasteiger partial charge < -0.3 is 9.64 Å². The molecular weight excluding hydrogens is 481 g/mol. The normalized spacial score (nSPS) is 11.9. The third-order valence-corrected chi connectivity index (χ3v) is 6.81. The smallest absolute Gasteiger partial charge is 0.266 e. The number of hydrogen-bond donors (Lipinski definition) is 0. The van der Waals surface area contributed by atoms with E-state index in [1.807, 2.05) is 42.2 Å². The van der Waals surface area contributed by atoms with Gasteiger partial charge >= 0.3 is 0 Å². The van der Waals surface area contributed by atoms with Crippen molar-refractivity contribution in [3.8, 4) is 11.4 Å². The maximum Gasteiger partial charge on any atom is 0.266 e. The van der Waals surface area contributed by atoms with Gasteiger partial charge in [0.05, 0.1) is 36.2 Å². The van der Waals surface area contributed by atoms with E-state index in [2.05, 4.69) is 6.92 Å². The highest BCUT2D eigenvalue weighted by Crippen LogP contribution is 2.25. The lowest BCUT2D eigenvalue weighted by Gasteiger charge is -2.31. The zero-order valence-electron chi connectivity index (χ0n) is 22.2. The molecule has 1 aromatic heterocycles. The maximum atomic E-state index is 13.7. The summed E-state index contributed by atoms with van der Waals surface area (Å²) >= 11 is 0. The van der Waals surface area contributed by atoms with Crippen LogP contribution in [0.5, 0.6) is 5.75 Å². The fourth-order valence-electron chi connectivity index (χ4n) is 4.67. The molecule has 0 bridgehead atoms. The molecule has 1 amide bonds. The number of halogens is 1. The quantitative estimate of drug-likeness (QED) is 0.222. The first kappa shape index (κ1) is 27.0. The van der Waals surface area contributed by atoms with Gasteiger partial charge in [0.2, 0.25) is 5.91 Å². The summed E-state index contributed by atoms with van der Waals surface area (Å²) in [5.74, 6) is 0.734. The van der Waals surface area contributed by atoms with E-state index in [0.29, 0.717) is 29.0 Å². The van der Waals surface area contributed by atoms with E-state index in [4.69, 9.17) is 9.72 Å². The Bertz CT molecular complexity index is 1430. The lowest BCUT2D eigenvalue weighted by molar-refractivity contribution is -0.133. The average Bonchev–Trinajstić information content (AvgIpc) is 2.94. The number of aromatic nitrogens is 2. The Labute approximate surface area is 222 Å². The van der Waals surface area contributed by atoms with Crippen molar-refractivity contribution in [1.82, 2.24) is 14.5 Å². The number of para-hydroxylation sites is 1. The molecule has 1 heterocycles. The Morgan fingerprint density at radius 2 is 1.71 bits per heavy atom. The summed E-state index contributed by atoms with van der Waals surface area (Å²) in [6.45, 7) is 4.60. The first-order valence-corrected chi connectivity index (χ1v) is 13.1. The number of hydrogen-bond acceptors (Lipinski definition) is 4. The van der Waals surface area contributed by atoms with Gasteiger partial charge in [-0.2, -0.15) is 0 Å². The van der Waals surface area contributed by atoms with Gasteiger partial charge in [-0.15, -0.1) is 0 Å². The highest BCUT2D eigenvalue weighted by molar-refractivity contribution is 5.80. The standard InChI is InChI=1S/C31H34FN3O3/c1-4-5-6-9-20-34(29(36)21-23-12-18-26(38-3)19-13-23)22(2)30-33-28-11-8-7-10-27(28)31(37)35(30)25-16-14-24(32)15-17-25/h7-8,10-19,22H,4-6,9,20-21H2,1-3H3. The molecule has 0 aliphatic carbocycles. The van der Waals surface area contributed by atoms with Crippen molar-refractivity contribution in [2.24, 2.45) is 0 Å². The summed E-state index contributed by atoms with van der Waals surface area (Å²) in [5, 5.41) is 0.465. The fraction of sp³-hybridized carbons (Fsp3) is 0.323. The van der Waals surface area contributed by atoms with Crippen LogP contribution in [0.4, 0.5) is 4.39 Å². The molecule has 0 N–H and O–H groups in total. The Kier molecular flexibility index (Phi) is 8.89. The van der Waals surface area contributed by atoms with Crippen LogP contribution in [0.15, 0.2) is 77.6 Å². The minimum absolute atomic E-state index is 0.0489. The molecule has 3 aromatic carbocycles. The zero-order valence-corrected chi connectivity index (χ0v) is 22.2. The Balaban J connectivity index is 1.76. The monoisotopic (exact) mass is 515 g/mol. The number of benzene rings is 3. The van der Waals surface area contributed by atoms with Gasteiger partial charge in [0.25, 0.3) is 5.56 Å². The van der Waals surface area contributed by atoms with E-state index < -0.39 is 11.9 Å². The van der Waals surface area contributed by atoms with Crippen LogP contribution in [0, 0.1) is 5.82 Å². The second-order valence-electron chi connectivity index (χ2n) is 9.45. The highest BCUT2D eigenvalue weighted by Gasteiger charge is 2.27. The van der Waals surface area contributed by atoms with E-state index in [9.17, 15) is 14.0 Å². The van der Waals surface area contributed by atoms with Crippen molar-refractivity contribution in [2.75, 3.05) is 13.7 Å². The van der Waals surface area contributed by atoms with Gasteiger partial charge in [-0.05, 0) is 67.4 Å². The molecule has 6 nitrogen and oxygen atoms in total. The van der Waals surface area contributed by atoms with Gasteiger partial charge in [0.15, 0.2) is 0 Å². The van der Waals surface area contributed by atoms with Crippen molar-refractivity contribution < 1.29 is 13.9 Å². The minimum Gasteiger partial charge on any atom is -0.497 e. The number of unbranched alkanes of at least 4 members (excludes halogenated alkanes) is 3. The van der Waals surface area contributed by atoms with E-state index in [-0.39, 0.29) is 17.9 Å². The van der Waals surface area contributed by atoms with Crippen LogP contribution in [0.2, 0.25) is 0 Å². The number of amides is 1. The van der Waals surface area contributed by atoms with Gasteiger partial charge in [0.1, 0.15) is 17.4 Å². The number of fused-ring (bicyclic) bond motifs is 1. The molecule has 0 aliphatic rings. The SMILES string of the molecule is CCCCCCN(C(=O)Cc1ccc(OC)cc1)C(C)c1nc2ccccc2c(=O)n1-c1ccc(F)cc1. The predicted molar refractivity (Wildman–Crippen MR) is 148 cm³/mol. The molecule has 198 valence electrons. The molecule has 0 spiro atoms. The van der Waals surface area contributed by atoms with Crippen LogP contribution in [0.25, 0.3) is 16.6 Å². The summed E-state index contributed by atoms with van der Waals surface area (Å²) in [6.07, 6.45) is 4.25. The second-order valence-corrected chi connectivity index (χ2v) is 9.45. The van der Waals surface area contributed by atoms with Crippen molar-refractivity contribution in [3.05, 3.63) is 100 Å². The Morgan fingerprint density at radius 3 is 2.39 bits per heavy atom. The molecule has 1 atom stereocenters. The largest absolute Gasteiger partial charge is 0.497 e. The van der Waals surface area contributed by atoms with Crippen LogP contribution >= 0.6 is 0 Å². The van der Waals surface area contributed by atoms with Gasteiger partial charge in [-0.25, -0.2) is 9.37 Å². The summed E-state index contributed by atoms with van der Waals surface area (Å²) in [5.41, 5.74) is 1.69. The molecule has 0 aliphatic heterocycles. The van der Waals surface area contributed by atoms with Crippen LogP contribution in [-0.2, 0) is 11.2 Å². The third kappa shape index (κ3) is 6.10. The molecule has 4 aromatic rings. The van der Waals surface area contributed by atoms with Gasteiger partial charge in [0, 0.05) is 6.54 Å². The number of carbonyl (C=O) groups is 1. The number of carbonyl (C=O) groups excluding carboxylic acids is 1. The fourth-order valence-corrected chi connectivity index (χ4v) is 4.67. The predicted octanol–water partition coefficient (Wildman–Crippen LogP) is 6.25. The Morgan fingerprint density at radius 1 is 1.00 bits per heavy atom. The lowest BCUT2D eigenvalue weighted by Crippen LogP contribution is -2.39. The van der Waals surface area contributed by atoms with Crippen LogP contribution in [-0.4, -0.2) is 34.0 Å². The number of ether oxygens (including phenoxy) is 1. The molecule has 0 saturated carbocycles. The first-order valence-electron chi connectivity index (χ1n) is 13.1. The molecular formula is C31H34FN3O3. The number of methoxy groups -OCH3 is 1. The average molecular weight is 516 g/mol. The molecule has 38 heavy (non-hydrogen) atoms. The van der Waals surface area contributed by atoms with Crippen LogP contribution in [0.1, 0.15) is 57.0 Å². The van der Waals surface area contributed by atoms with E-state index >= 15 is 0 Å². The molecule has 1 unspecified atom stereocenters. The molecule has 0 fully saturated rings. The summed E-state index contributed by atoms with van der Waals surface area (Å²) in [7, 11) is 1.61. The zero-order chi connectivity index (χ0) is 27.1. The lowest BCUT2D eigenvalue weighted by atomic mass is 10.1. The summed E-state index contributed by atoms with van der Waals surface area (Å²) < 4.78 is 20.5. The van der Waals surface area contributed by atoms with Crippen molar-refractivity contribution in [2.45, 2.75) is 52.0 Å². The van der Waals surface area contributed by atoms with Crippen molar-refractivity contribution >= 4 is 16.8 Å². The molecule has 7 heteroatoms.